The fourth-order valence-electron chi connectivity index (χ4n) is 3.09. The van der Waals surface area contributed by atoms with E-state index >= 15 is 0 Å². The summed E-state index contributed by atoms with van der Waals surface area (Å²) in [5.41, 5.74) is 0.800. The number of benzene rings is 1. The average molecular weight is 277 g/mol. The second-order valence-corrected chi connectivity index (χ2v) is 5.81. The van der Waals surface area contributed by atoms with E-state index in [1.807, 2.05) is 31.2 Å². The normalized spacial score (nSPS) is 20.6. The van der Waals surface area contributed by atoms with Crippen molar-refractivity contribution in [1.82, 2.24) is 4.90 Å². The van der Waals surface area contributed by atoms with E-state index in [2.05, 4.69) is 18.7 Å². The Labute approximate surface area is 122 Å². The maximum atomic E-state index is 10.8. The molecule has 3 heteroatoms. The van der Waals surface area contributed by atoms with Crippen LogP contribution in [0.5, 0.6) is 5.75 Å². The lowest BCUT2D eigenvalue weighted by Crippen LogP contribution is -2.48. The number of nitrogens with zero attached hydrogens (tertiary/aromatic N) is 1. The SMILES string of the molecule is CCOc1ccc(C(O)C(C)(CC)N2CCCC2)cc1. The van der Waals surface area contributed by atoms with Gasteiger partial charge in [0.25, 0.3) is 0 Å². The van der Waals surface area contributed by atoms with Crippen molar-refractivity contribution in [1.29, 1.82) is 0 Å². The van der Waals surface area contributed by atoms with Gasteiger partial charge in [0.1, 0.15) is 5.75 Å². The smallest absolute Gasteiger partial charge is 0.119 e. The summed E-state index contributed by atoms with van der Waals surface area (Å²) in [6, 6.07) is 7.86. The topological polar surface area (TPSA) is 32.7 Å². The van der Waals surface area contributed by atoms with Crippen LogP contribution in [0.1, 0.15) is 51.7 Å². The molecule has 0 amide bonds. The van der Waals surface area contributed by atoms with Crippen molar-refractivity contribution in [3.8, 4) is 5.75 Å². The van der Waals surface area contributed by atoms with Gasteiger partial charge in [0, 0.05) is 5.54 Å². The summed E-state index contributed by atoms with van der Waals surface area (Å²) in [6.07, 6.45) is 2.97. The number of aliphatic hydroxyl groups excluding tert-OH is 1. The van der Waals surface area contributed by atoms with Crippen LogP contribution in [0, 0.1) is 0 Å². The first kappa shape index (κ1) is 15.3. The molecule has 0 bridgehead atoms. The predicted molar refractivity (Wildman–Crippen MR) is 82.1 cm³/mol. The summed E-state index contributed by atoms with van der Waals surface area (Å²) in [7, 11) is 0. The van der Waals surface area contributed by atoms with Gasteiger partial charge in [-0.2, -0.15) is 0 Å². The molecule has 112 valence electrons. The highest BCUT2D eigenvalue weighted by molar-refractivity contribution is 5.30. The molecule has 1 fully saturated rings. The largest absolute Gasteiger partial charge is 0.494 e. The lowest BCUT2D eigenvalue weighted by Gasteiger charge is -2.42. The highest BCUT2D eigenvalue weighted by Gasteiger charge is 2.39. The van der Waals surface area contributed by atoms with Gasteiger partial charge in [-0.1, -0.05) is 19.1 Å². The van der Waals surface area contributed by atoms with Crippen LogP contribution in [0.3, 0.4) is 0 Å². The van der Waals surface area contributed by atoms with E-state index in [1.165, 1.54) is 12.8 Å². The minimum atomic E-state index is -0.457. The maximum absolute atomic E-state index is 10.8. The number of rotatable bonds is 6. The van der Waals surface area contributed by atoms with Crippen molar-refractivity contribution in [2.24, 2.45) is 0 Å². The second kappa shape index (κ2) is 6.59. The van der Waals surface area contributed by atoms with Crippen molar-refractivity contribution in [3.63, 3.8) is 0 Å². The Morgan fingerprint density at radius 3 is 2.30 bits per heavy atom. The van der Waals surface area contributed by atoms with E-state index in [1.54, 1.807) is 0 Å². The van der Waals surface area contributed by atoms with E-state index in [-0.39, 0.29) is 5.54 Å². The first-order valence-electron chi connectivity index (χ1n) is 7.77. The third-order valence-electron chi connectivity index (χ3n) is 4.64. The van der Waals surface area contributed by atoms with Gasteiger partial charge < -0.3 is 9.84 Å². The molecule has 1 aliphatic rings. The number of aliphatic hydroxyl groups is 1. The molecule has 0 aromatic heterocycles. The minimum Gasteiger partial charge on any atom is -0.494 e. The van der Waals surface area contributed by atoms with E-state index in [0.29, 0.717) is 6.61 Å². The highest BCUT2D eigenvalue weighted by atomic mass is 16.5. The van der Waals surface area contributed by atoms with Gasteiger partial charge in [-0.3, -0.25) is 4.90 Å². The summed E-state index contributed by atoms with van der Waals surface area (Å²) >= 11 is 0. The van der Waals surface area contributed by atoms with Crippen LogP contribution < -0.4 is 4.74 Å². The summed E-state index contributed by atoms with van der Waals surface area (Å²) in [6.45, 7) is 9.18. The molecule has 0 spiro atoms. The molecule has 1 heterocycles. The van der Waals surface area contributed by atoms with Crippen LogP contribution in [-0.2, 0) is 0 Å². The zero-order chi connectivity index (χ0) is 14.6. The summed E-state index contributed by atoms with van der Waals surface area (Å²) in [5, 5.41) is 10.8. The Kier molecular flexibility index (Phi) is 5.06. The highest BCUT2D eigenvalue weighted by Crippen LogP contribution is 2.36. The zero-order valence-electron chi connectivity index (χ0n) is 12.9. The van der Waals surface area contributed by atoms with Crippen molar-refractivity contribution in [2.45, 2.75) is 51.7 Å². The molecule has 1 saturated heterocycles. The van der Waals surface area contributed by atoms with Gasteiger partial charge in [-0.15, -0.1) is 0 Å². The van der Waals surface area contributed by atoms with Crippen LogP contribution in [0.15, 0.2) is 24.3 Å². The lowest BCUT2D eigenvalue weighted by atomic mass is 9.85. The van der Waals surface area contributed by atoms with Gasteiger partial charge >= 0.3 is 0 Å². The molecule has 0 radical (unpaired) electrons. The molecular formula is C17H27NO2. The molecule has 2 unspecified atom stereocenters. The predicted octanol–water partition coefficient (Wildman–Crippen LogP) is 3.38. The van der Waals surface area contributed by atoms with Gasteiger partial charge in [0.15, 0.2) is 0 Å². The number of hydrogen-bond acceptors (Lipinski definition) is 3. The van der Waals surface area contributed by atoms with Crippen molar-refractivity contribution in [3.05, 3.63) is 29.8 Å². The maximum Gasteiger partial charge on any atom is 0.119 e. The van der Waals surface area contributed by atoms with E-state index in [9.17, 15) is 5.11 Å². The zero-order valence-corrected chi connectivity index (χ0v) is 12.9. The first-order valence-corrected chi connectivity index (χ1v) is 7.77. The van der Waals surface area contributed by atoms with Crippen LogP contribution in [0.25, 0.3) is 0 Å². The monoisotopic (exact) mass is 277 g/mol. The molecule has 1 aromatic rings. The quantitative estimate of drug-likeness (QED) is 0.865. The van der Waals surface area contributed by atoms with Gasteiger partial charge in [-0.05, 0) is 63.9 Å². The third-order valence-corrected chi connectivity index (χ3v) is 4.64. The van der Waals surface area contributed by atoms with Crippen molar-refractivity contribution in [2.75, 3.05) is 19.7 Å². The number of hydrogen-bond donors (Lipinski definition) is 1. The van der Waals surface area contributed by atoms with Gasteiger partial charge in [0.05, 0.1) is 12.7 Å². The molecule has 3 nitrogen and oxygen atoms in total. The van der Waals surface area contributed by atoms with Crippen molar-refractivity contribution < 1.29 is 9.84 Å². The molecule has 2 atom stereocenters. The summed E-state index contributed by atoms with van der Waals surface area (Å²) < 4.78 is 5.46. The molecule has 1 aliphatic heterocycles. The van der Waals surface area contributed by atoms with Crippen LogP contribution in [-0.4, -0.2) is 35.2 Å². The third kappa shape index (κ3) is 2.99. The Morgan fingerprint density at radius 2 is 1.80 bits per heavy atom. The van der Waals surface area contributed by atoms with Crippen molar-refractivity contribution >= 4 is 0 Å². The minimum absolute atomic E-state index is 0.177. The van der Waals surface area contributed by atoms with Gasteiger partial charge in [0.2, 0.25) is 0 Å². The molecular weight excluding hydrogens is 250 g/mol. The molecule has 0 saturated carbocycles. The Morgan fingerprint density at radius 1 is 1.20 bits per heavy atom. The van der Waals surface area contributed by atoms with E-state index in [0.717, 1.165) is 30.8 Å². The molecule has 1 N–H and O–H groups in total. The Balaban J connectivity index is 2.16. The fraction of sp³-hybridized carbons (Fsp3) is 0.647. The molecule has 0 aliphatic carbocycles. The van der Waals surface area contributed by atoms with E-state index < -0.39 is 6.10 Å². The van der Waals surface area contributed by atoms with Crippen LogP contribution in [0.4, 0.5) is 0 Å². The summed E-state index contributed by atoms with van der Waals surface area (Å²) in [4.78, 5) is 2.44. The molecule has 20 heavy (non-hydrogen) atoms. The number of likely N-dealkylation sites (tertiary alicyclic amines) is 1. The van der Waals surface area contributed by atoms with Gasteiger partial charge in [-0.25, -0.2) is 0 Å². The second-order valence-electron chi connectivity index (χ2n) is 5.81. The standard InChI is InChI=1S/C17H27NO2/c1-4-17(3,18-12-6-7-13-18)16(19)14-8-10-15(11-9-14)20-5-2/h8-11,16,19H,4-7,12-13H2,1-3H3. The summed E-state index contributed by atoms with van der Waals surface area (Å²) in [5.74, 6) is 0.864. The first-order chi connectivity index (χ1) is 9.61. The fourth-order valence-corrected chi connectivity index (χ4v) is 3.09. The Bertz CT molecular complexity index is 412. The van der Waals surface area contributed by atoms with E-state index in [4.69, 9.17) is 4.74 Å². The lowest BCUT2D eigenvalue weighted by molar-refractivity contribution is -0.0140. The Hall–Kier alpha value is -1.06. The molecule has 2 rings (SSSR count). The van der Waals surface area contributed by atoms with Crippen LogP contribution >= 0.6 is 0 Å². The molecule has 1 aromatic carbocycles. The van der Waals surface area contributed by atoms with Crippen LogP contribution in [0.2, 0.25) is 0 Å². The number of ether oxygens (including phenoxy) is 1. The average Bonchev–Trinajstić information content (AvgIpc) is 3.01.